The summed E-state index contributed by atoms with van der Waals surface area (Å²) in [5.41, 5.74) is 3.91. The molecule has 3 aromatic rings. The van der Waals surface area contributed by atoms with Gasteiger partial charge in [0.2, 0.25) is 16.0 Å². The molecule has 9 nitrogen and oxygen atoms in total. The Morgan fingerprint density at radius 2 is 1.90 bits per heavy atom. The van der Waals surface area contributed by atoms with E-state index in [0.29, 0.717) is 28.7 Å². The summed E-state index contributed by atoms with van der Waals surface area (Å²) < 4.78 is 22.8. The van der Waals surface area contributed by atoms with Gasteiger partial charge in [0.1, 0.15) is 5.69 Å². The Labute approximate surface area is 173 Å². The van der Waals surface area contributed by atoms with Crippen LogP contribution in [-0.4, -0.2) is 37.9 Å². The van der Waals surface area contributed by atoms with Gasteiger partial charge in [-0.1, -0.05) is 12.1 Å². The molecular formula is C20H18N6O3S. The van der Waals surface area contributed by atoms with Gasteiger partial charge in [0.05, 0.1) is 22.3 Å². The second kappa shape index (κ2) is 6.51. The van der Waals surface area contributed by atoms with Crippen LogP contribution < -0.4 is 20.3 Å². The fourth-order valence-corrected chi connectivity index (χ4v) is 4.36. The topological polar surface area (TPSA) is 122 Å². The number of hydrogen-bond donors (Lipinski definition) is 2. The van der Waals surface area contributed by atoms with Crippen LogP contribution in [0.3, 0.4) is 0 Å². The van der Waals surface area contributed by atoms with Crippen molar-refractivity contribution in [2.75, 3.05) is 28.7 Å². The highest BCUT2D eigenvalue weighted by Gasteiger charge is 2.35. The summed E-state index contributed by atoms with van der Waals surface area (Å²) in [5.74, 6) is 0.888. The van der Waals surface area contributed by atoms with Gasteiger partial charge in [-0.15, -0.1) is 0 Å². The molecule has 2 aliphatic rings. The third-order valence-corrected chi connectivity index (χ3v) is 6.26. The maximum atomic E-state index is 13.0. The third kappa shape index (κ3) is 2.88. The molecule has 0 saturated heterocycles. The Morgan fingerprint density at radius 1 is 1.13 bits per heavy atom. The predicted octanol–water partition coefficient (Wildman–Crippen LogP) is 2.15. The van der Waals surface area contributed by atoms with Crippen LogP contribution in [0.2, 0.25) is 0 Å². The van der Waals surface area contributed by atoms with Crippen molar-refractivity contribution in [1.29, 1.82) is 0 Å². The molecule has 0 saturated carbocycles. The minimum atomic E-state index is -3.76. The molecule has 10 heteroatoms. The number of aromatic nitrogens is 2. The number of carbonyl (C=O) groups excluding carboxylic acids is 1. The first-order valence-corrected chi connectivity index (χ1v) is 10.8. The number of nitrogens with one attached hydrogen (secondary N) is 1. The van der Waals surface area contributed by atoms with Gasteiger partial charge in [-0.05, 0) is 42.3 Å². The average Bonchev–Trinajstić information content (AvgIpc) is 3.13. The first kappa shape index (κ1) is 18.5. The van der Waals surface area contributed by atoms with Crippen LogP contribution in [0.4, 0.5) is 28.8 Å². The van der Waals surface area contributed by atoms with E-state index in [9.17, 15) is 13.2 Å². The quantitative estimate of drug-likeness (QED) is 0.663. The van der Waals surface area contributed by atoms with Crippen molar-refractivity contribution in [3.05, 3.63) is 59.8 Å². The molecule has 2 aromatic carbocycles. The number of nitrogens with two attached hydrogens (primary N) is 1. The second-order valence-electron chi connectivity index (χ2n) is 7.18. The lowest BCUT2D eigenvalue weighted by Gasteiger charge is -2.21. The highest BCUT2D eigenvalue weighted by Crippen LogP contribution is 2.44. The zero-order chi connectivity index (χ0) is 21.0. The smallest absolute Gasteiger partial charge is 0.260 e. The minimum Gasteiger partial charge on any atom is -0.324 e. The Hall–Kier alpha value is -3.50. The molecule has 5 rings (SSSR count). The molecule has 0 bridgehead atoms. The van der Waals surface area contributed by atoms with Gasteiger partial charge >= 0.3 is 0 Å². The maximum absolute atomic E-state index is 13.0. The summed E-state index contributed by atoms with van der Waals surface area (Å²) in [5, 5.41) is 8.22. The summed E-state index contributed by atoms with van der Waals surface area (Å²) in [4.78, 5) is 25.6. The van der Waals surface area contributed by atoms with E-state index in [1.807, 2.05) is 18.2 Å². The van der Waals surface area contributed by atoms with E-state index < -0.39 is 10.0 Å². The molecule has 3 N–H and O–H groups in total. The number of rotatable bonds is 3. The molecule has 1 aromatic heterocycles. The number of carbonyl (C=O) groups is 1. The second-order valence-corrected chi connectivity index (χ2v) is 8.74. The van der Waals surface area contributed by atoms with Crippen molar-refractivity contribution < 1.29 is 13.2 Å². The third-order valence-electron chi connectivity index (χ3n) is 5.34. The molecule has 0 spiro atoms. The van der Waals surface area contributed by atoms with E-state index >= 15 is 0 Å². The van der Waals surface area contributed by atoms with Gasteiger partial charge in [-0.2, -0.15) is 4.98 Å². The van der Waals surface area contributed by atoms with Gasteiger partial charge in [-0.3, -0.25) is 4.79 Å². The lowest BCUT2D eigenvalue weighted by atomic mass is 10.1. The number of benzene rings is 2. The number of fused-ring (bicyclic) bond motifs is 2. The fourth-order valence-electron chi connectivity index (χ4n) is 3.85. The van der Waals surface area contributed by atoms with Crippen molar-refractivity contribution in [2.24, 2.45) is 5.14 Å². The van der Waals surface area contributed by atoms with Crippen LogP contribution in [-0.2, 0) is 16.4 Å². The summed E-state index contributed by atoms with van der Waals surface area (Å²) in [7, 11) is -2.04. The van der Waals surface area contributed by atoms with Gasteiger partial charge < -0.3 is 15.1 Å². The zero-order valence-electron chi connectivity index (χ0n) is 16.0. The number of primary sulfonamides is 1. The van der Waals surface area contributed by atoms with E-state index in [4.69, 9.17) is 5.14 Å². The summed E-state index contributed by atoms with van der Waals surface area (Å²) >= 11 is 0. The average molecular weight is 422 g/mol. The normalized spacial score (nSPS) is 14.9. The molecule has 30 heavy (non-hydrogen) atoms. The van der Waals surface area contributed by atoms with Crippen LogP contribution in [0.1, 0.15) is 15.9 Å². The number of sulfonamides is 1. The van der Waals surface area contributed by atoms with E-state index in [1.54, 1.807) is 30.3 Å². The molecule has 0 radical (unpaired) electrons. The summed E-state index contributed by atoms with van der Waals surface area (Å²) in [6.45, 7) is 0.722. The van der Waals surface area contributed by atoms with Gasteiger partial charge in [-0.25, -0.2) is 18.5 Å². The van der Waals surface area contributed by atoms with Crippen molar-refractivity contribution >= 4 is 44.8 Å². The SMILES string of the molecule is CN1C(=O)c2cccc3c2N(CC3)c2nc(Nc3ccc(S(N)(=O)=O)cc3)ncc21. The molecule has 3 heterocycles. The number of nitrogens with zero attached hydrogens (tertiary/aromatic N) is 4. The Kier molecular flexibility index (Phi) is 4.02. The molecule has 0 aliphatic carbocycles. The number of hydrogen-bond acceptors (Lipinski definition) is 7. The molecule has 2 aliphatic heterocycles. The standard InChI is InChI=1S/C20H18N6O3S/c1-25-16-11-22-20(23-13-5-7-14(8-6-13)30(21,28)29)24-18(16)26-10-9-12-3-2-4-15(17(12)26)19(25)27/h2-8,11H,9-10H2,1H3,(H2,21,28,29)(H,22,23,24). The highest BCUT2D eigenvalue weighted by molar-refractivity contribution is 7.89. The predicted molar refractivity (Wildman–Crippen MR) is 113 cm³/mol. The van der Waals surface area contributed by atoms with E-state index in [1.165, 1.54) is 12.1 Å². The lowest BCUT2D eigenvalue weighted by molar-refractivity contribution is 0.0994. The zero-order valence-corrected chi connectivity index (χ0v) is 16.8. The fraction of sp³-hybridized carbons (Fsp3) is 0.150. The van der Waals surface area contributed by atoms with Crippen LogP contribution >= 0.6 is 0 Å². The largest absolute Gasteiger partial charge is 0.324 e. The van der Waals surface area contributed by atoms with Crippen molar-refractivity contribution in [2.45, 2.75) is 11.3 Å². The van der Waals surface area contributed by atoms with Crippen molar-refractivity contribution in [3.8, 4) is 0 Å². The van der Waals surface area contributed by atoms with Crippen LogP contribution in [0.25, 0.3) is 0 Å². The van der Waals surface area contributed by atoms with E-state index in [-0.39, 0.29) is 10.8 Å². The minimum absolute atomic E-state index is 0.0252. The van der Waals surface area contributed by atoms with Gasteiger partial charge in [0.15, 0.2) is 5.82 Å². The first-order valence-electron chi connectivity index (χ1n) is 9.27. The van der Waals surface area contributed by atoms with E-state index in [2.05, 4.69) is 20.2 Å². The van der Waals surface area contributed by atoms with Crippen LogP contribution in [0.15, 0.2) is 53.6 Å². The van der Waals surface area contributed by atoms with Gasteiger partial charge in [0.25, 0.3) is 5.91 Å². The number of anilines is 5. The van der Waals surface area contributed by atoms with Gasteiger partial charge in [0, 0.05) is 19.3 Å². The maximum Gasteiger partial charge on any atom is 0.260 e. The lowest BCUT2D eigenvalue weighted by Crippen LogP contribution is -2.26. The summed E-state index contributed by atoms with van der Waals surface area (Å²) in [6.07, 6.45) is 2.45. The molecular weight excluding hydrogens is 404 g/mol. The molecule has 0 unspecified atom stereocenters. The molecule has 1 amide bonds. The Balaban J connectivity index is 1.54. The van der Waals surface area contributed by atoms with Crippen molar-refractivity contribution in [3.63, 3.8) is 0 Å². The van der Waals surface area contributed by atoms with E-state index in [0.717, 1.165) is 24.2 Å². The highest BCUT2D eigenvalue weighted by atomic mass is 32.2. The first-order chi connectivity index (χ1) is 14.3. The Bertz CT molecular complexity index is 1290. The van der Waals surface area contributed by atoms with Crippen molar-refractivity contribution in [1.82, 2.24) is 9.97 Å². The van der Waals surface area contributed by atoms with Crippen LogP contribution in [0, 0.1) is 0 Å². The molecule has 0 atom stereocenters. The number of amides is 1. The molecule has 152 valence electrons. The number of para-hydroxylation sites is 1. The molecule has 0 fully saturated rings. The summed E-state index contributed by atoms with van der Waals surface area (Å²) in [6, 6.07) is 11.8. The Morgan fingerprint density at radius 3 is 2.63 bits per heavy atom. The monoisotopic (exact) mass is 422 g/mol. The van der Waals surface area contributed by atoms with Crippen LogP contribution in [0.5, 0.6) is 0 Å².